The van der Waals surface area contributed by atoms with E-state index in [9.17, 15) is 13.6 Å². The molecule has 1 aliphatic heterocycles. The van der Waals surface area contributed by atoms with Crippen LogP contribution in [0.2, 0.25) is 0 Å². The van der Waals surface area contributed by atoms with Crippen LogP contribution in [0.5, 0.6) is 0 Å². The lowest BCUT2D eigenvalue weighted by Crippen LogP contribution is -2.51. The number of primary amides is 1. The van der Waals surface area contributed by atoms with Crippen LogP contribution in [0.25, 0.3) is 0 Å². The lowest BCUT2D eigenvalue weighted by Gasteiger charge is -2.35. The van der Waals surface area contributed by atoms with Crippen molar-refractivity contribution >= 4 is 5.91 Å². The summed E-state index contributed by atoms with van der Waals surface area (Å²) in [6, 6.07) is 4.00. The van der Waals surface area contributed by atoms with Gasteiger partial charge in [0.25, 0.3) is 0 Å². The van der Waals surface area contributed by atoms with Crippen molar-refractivity contribution < 1.29 is 13.6 Å². The Balaban J connectivity index is 2.00. The average molecular weight is 318 g/mol. The molecule has 1 aliphatic rings. The highest BCUT2D eigenvalue weighted by molar-refractivity contribution is 5.86. The molecule has 0 spiro atoms. The smallest absolute Gasteiger partial charge is 0.244 e. The van der Waals surface area contributed by atoms with Crippen molar-refractivity contribution in [1.29, 1.82) is 0 Å². The van der Waals surface area contributed by atoms with Gasteiger partial charge in [-0.3, -0.25) is 19.7 Å². The highest BCUT2D eigenvalue weighted by atomic mass is 19.2. The van der Waals surface area contributed by atoms with Gasteiger partial charge in [-0.1, -0.05) is 12.1 Å². The number of halogens is 2. The number of carbonyl (C=O) groups excluding carboxylic acids is 1. The van der Waals surface area contributed by atoms with Crippen molar-refractivity contribution in [2.24, 2.45) is 5.73 Å². The molecule has 120 valence electrons. The van der Waals surface area contributed by atoms with Crippen LogP contribution in [-0.2, 0) is 16.9 Å². The Morgan fingerprint density at radius 1 is 1.35 bits per heavy atom. The van der Waals surface area contributed by atoms with Gasteiger partial charge in [0.05, 0.1) is 11.9 Å². The van der Waals surface area contributed by atoms with E-state index in [2.05, 4.69) is 9.97 Å². The molecule has 2 N–H and O–H groups in total. The molecule has 23 heavy (non-hydrogen) atoms. The zero-order valence-electron chi connectivity index (χ0n) is 12.4. The van der Waals surface area contributed by atoms with Gasteiger partial charge in [0.2, 0.25) is 5.91 Å². The summed E-state index contributed by atoms with van der Waals surface area (Å²) < 4.78 is 27.4. The van der Waals surface area contributed by atoms with Gasteiger partial charge in [-0.15, -0.1) is 0 Å². The second kappa shape index (κ2) is 6.00. The first-order valence-electron chi connectivity index (χ1n) is 7.30. The maximum Gasteiger partial charge on any atom is 0.244 e. The van der Waals surface area contributed by atoms with Crippen LogP contribution in [0.15, 0.2) is 36.8 Å². The third-order valence-corrected chi connectivity index (χ3v) is 4.29. The fourth-order valence-electron chi connectivity index (χ4n) is 3.17. The van der Waals surface area contributed by atoms with E-state index >= 15 is 0 Å². The summed E-state index contributed by atoms with van der Waals surface area (Å²) in [6.07, 6.45) is 5.66. The summed E-state index contributed by atoms with van der Waals surface area (Å²) in [6.45, 7) is 0.610. The van der Waals surface area contributed by atoms with Crippen molar-refractivity contribution in [3.05, 3.63) is 59.7 Å². The number of rotatable bonds is 4. The summed E-state index contributed by atoms with van der Waals surface area (Å²) in [7, 11) is 0. The Bertz CT molecular complexity index is 725. The van der Waals surface area contributed by atoms with E-state index in [-0.39, 0.29) is 12.1 Å². The van der Waals surface area contributed by atoms with E-state index < -0.39 is 23.1 Å². The first-order chi connectivity index (χ1) is 11.1. The first kappa shape index (κ1) is 15.5. The minimum atomic E-state index is -1.15. The number of hydrogen-bond acceptors (Lipinski definition) is 4. The number of amides is 1. The fraction of sp³-hybridized carbons (Fsp3) is 0.312. The monoisotopic (exact) mass is 318 g/mol. The molecular weight excluding hydrogens is 302 g/mol. The zero-order chi connectivity index (χ0) is 16.4. The van der Waals surface area contributed by atoms with Crippen molar-refractivity contribution in [3.63, 3.8) is 0 Å². The largest absolute Gasteiger partial charge is 0.368 e. The molecule has 1 atom stereocenters. The van der Waals surface area contributed by atoms with E-state index in [0.29, 0.717) is 25.1 Å². The molecular formula is C16H16F2N4O. The Kier molecular flexibility index (Phi) is 4.04. The summed E-state index contributed by atoms with van der Waals surface area (Å²) in [5, 5.41) is 0. The van der Waals surface area contributed by atoms with E-state index in [4.69, 9.17) is 5.73 Å². The normalized spacial score (nSPS) is 21.5. The van der Waals surface area contributed by atoms with Crippen LogP contribution in [0.1, 0.15) is 24.1 Å². The standard InChI is InChI=1S/C16H16F2N4O/c17-12-4-1-3-11(14(12)18)10-22-8-2-5-16(22,15(19)23)13-9-20-6-7-21-13/h1,3-4,6-7,9H,2,5,8,10H2,(H2,19,23)/t16-/m1/s1. The zero-order valence-corrected chi connectivity index (χ0v) is 12.4. The molecule has 2 heterocycles. The number of aromatic nitrogens is 2. The molecule has 0 aliphatic carbocycles. The van der Waals surface area contributed by atoms with E-state index in [0.717, 1.165) is 6.07 Å². The van der Waals surface area contributed by atoms with Crippen LogP contribution < -0.4 is 5.73 Å². The second-order valence-electron chi connectivity index (χ2n) is 5.55. The first-order valence-corrected chi connectivity index (χ1v) is 7.30. The number of nitrogens with zero attached hydrogens (tertiary/aromatic N) is 3. The molecule has 0 radical (unpaired) electrons. The maximum absolute atomic E-state index is 14.0. The Labute approximate surface area is 132 Å². The van der Waals surface area contributed by atoms with Crippen molar-refractivity contribution in [3.8, 4) is 0 Å². The molecule has 1 fully saturated rings. The third kappa shape index (κ3) is 2.57. The van der Waals surface area contributed by atoms with Crippen LogP contribution in [0.3, 0.4) is 0 Å². The van der Waals surface area contributed by atoms with E-state index in [1.807, 2.05) is 0 Å². The van der Waals surface area contributed by atoms with Gasteiger partial charge >= 0.3 is 0 Å². The lowest BCUT2D eigenvalue weighted by molar-refractivity contribution is -0.129. The van der Waals surface area contributed by atoms with E-state index in [1.54, 1.807) is 4.90 Å². The van der Waals surface area contributed by atoms with Crippen LogP contribution in [0, 0.1) is 11.6 Å². The fourth-order valence-corrected chi connectivity index (χ4v) is 3.17. The third-order valence-electron chi connectivity index (χ3n) is 4.29. The van der Waals surface area contributed by atoms with Gasteiger partial charge in [0.15, 0.2) is 11.6 Å². The second-order valence-corrected chi connectivity index (χ2v) is 5.55. The van der Waals surface area contributed by atoms with Crippen molar-refractivity contribution in [1.82, 2.24) is 14.9 Å². The quantitative estimate of drug-likeness (QED) is 0.932. The highest BCUT2D eigenvalue weighted by Crippen LogP contribution is 2.38. The molecule has 7 heteroatoms. The molecule has 1 saturated heterocycles. The highest BCUT2D eigenvalue weighted by Gasteiger charge is 2.49. The molecule has 0 unspecified atom stereocenters. The van der Waals surface area contributed by atoms with Crippen molar-refractivity contribution in [2.45, 2.75) is 24.9 Å². The summed E-state index contributed by atoms with van der Waals surface area (Å²) >= 11 is 0. The Hall–Kier alpha value is -2.41. The minimum absolute atomic E-state index is 0.0725. The number of nitrogens with two attached hydrogens (primary N) is 1. The van der Waals surface area contributed by atoms with Crippen LogP contribution in [-0.4, -0.2) is 27.3 Å². The SMILES string of the molecule is NC(=O)[C@]1(c2cnccn2)CCCN1Cc1cccc(F)c1F. The Morgan fingerprint density at radius 3 is 2.87 bits per heavy atom. The lowest BCUT2D eigenvalue weighted by atomic mass is 9.91. The molecule has 1 amide bonds. The van der Waals surface area contributed by atoms with Gasteiger partial charge < -0.3 is 5.73 Å². The number of benzene rings is 1. The number of carbonyl (C=O) groups is 1. The summed E-state index contributed by atoms with van der Waals surface area (Å²) in [5.41, 5.74) is 5.13. The van der Waals surface area contributed by atoms with Gasteiger partial charge in [-0.2, -0.15) is 0 Å². The average Bonchev–Trinajstić information content (AvgIpc) is 2.97. The van der Waals surface area contributed by atoms with Crippen molar-refractivity contribution in [2.75, 3.05) is 6.54 Å². The molecule has 5 nitrogen and oxygen atoms in total. The molecule has 0 saturated carbocycles. The molecule has 2 aromatic rings. The summed E-state index contributed by atoms with van der Waals surface area (Å²) in [4.78, 5) is 22.2. The van der Waals surface area contributed by atoms with Gasteiger partial charge in [0.1, 0.15) is 5.54 Å². The van der Waals surface area contributed by atoms with Gasteiger partial charge in [-0.25, -0.2) is 8.78 Å². The van der Waals surface area contributed by atoms with Gasteiger partial charge in [-0.05, 0) is 25.5 Å². The molecule has 0 bridgehead atoms. The number of likely N-dealkylation sites (tertiary alicyclic amines) is 1. The van der Waals surface area contributed by atoms with Crippen LogP contribution >= 0.6 is 0 Å². The predicted octanol–water partition coefficient (Wildman–Crippen LogP) is 1.73. The van der Waals surface area contributed by atoms with Crippen LogP contribution in [0.4, 0.5) is 8.78 Å². The maximum atomic E-state index is 14.0. The summed E-state index contributed by atoms with van der Waals surface area (Å²) in [5.74, 6) is -2.38. The minimum Gasteiger partial charge on any atom is -0.368 e. The molecule has 1 aromatic carbocycles. The number of hydrogen-bond donors (Lipinski definition) is 1. The molecule has 3 rings (SSSR count). The predicted molar refractivity (Wildman–Crippen MR) is 78.9 cm³/mol. The van der Waals surface area contributed by atoms with E-state index in [1.165, 1.54) is 30.7 Å². The topological polar surface area (TPSA) is 72.1 Å². The Morgan fingerprint density at radius 2 is 2.17 bits per heavy atom. The molecule has 1 aromatic heterocycles. The van der Waals surface area contributed by atoms with Gasteiger partial charge in [0, 0.05) is 24.5 Å².